The van der Waals surface area contributed by atoms with E-state index in [4.69, 9.17) is 16.3 Å². The van der Waals surface area contributed by atoms with Crippen molar-refractivity contribution < 1.29 is 4.74 Å². The molecular weight excluding hydrogens is 252 g/mol. The van der Waals surface area contributed by atoms with Gasteiger partial charge in [0.25, 0.3) is 0 Å². The number of hydrogen-bond acceptors (Lipinski definition) is 5. The van der Waals surface area contributed by atoms with Crippen molar-refractivity contribution in [3.8, 4) is 0 Å². The first-order chi connectivity index (χ1) is 8.72. The van der Waals surface area contributed by atoms with E-state index in [1.54, 1.807) is 6.20 Å². The van der Waals surface area contributed by atoms with Gasteiger partial charge < -0.3 is 10.1 Å². The van der Waals surface area contributed by atoms with Crippen LogP contribution < -0.4 is 5.32 Å². The number of pyridine rings is 1. The number of anilines is 1. The number of aromatic nitrogens is 3. The summed E-state index contributed by atoms with van der Waals surface area (Å²) in [5.74, 6) is 1.44. The maximum atomic E-state index is 6.12. The van der Waals surface area contributed by atoms with Crippen LogP contribution in [0, 0.1) is 6.92 Å². The Kier molecular flexibility index (Phi) is 3.01. The zero-order chi connectivity index (χ0) is 12.5. The molecule has 1 aliphatic rings. The van der Waals surface area contributed by atoms with E-state index in [-0.39, 0.29) is 0 Å². The Morgan fingerprint density at radius 1 is 1.44 bits per heavy atom. The lowest BCUT2D eigenvalue weighted by Gasteiger charge is -2.11. The van der Waals surface area contributed by atoms with Crippen molar-refractivity contribution in [1.82, 2.24) is 15.0 Å². The van der Waals surface area contributed by atoms with E-state index in [1.807, 2.05) is 13.0 Å². The highest BCUT2D eigenvalue weighted by Crippen LogP contribution is 2.23. The molecule has 5 nitrogen and oxygen atoms in total. The van der Waals surface area contributed by atoms with Crippen LogP contribution in [-0.4, -0.2) is 34.2 Å². The highest BCUT2D eigenvalue weighted by Gasteiger charge is 2.16. The molecule has 0 spiro atoms. The van der Waals surface area contributed by atoms with Crippen LogP contribution in [0.1, 0.15) is 12.2 Å². The summed E-state index contributed by atoms with van der Waals surface area (Å²) in [4.78, 5) is 12.8. The Morgan fingerprint density at radius 2 is 2.33 bits per heavy atom. The van der Waals surface area contributed by atoms with Crippen LogP contribution in [0.25, 0.3) is 10.9 Å². The number of aryl methyl sites for hydroxylation is 1. The Hall–Kier alpha value is -1.46. The molecule has 1 atom stereocenters. The van der Waals surface area contributed by atoms with Gasteiger partial charge in [0.05, 0.1) is 24.4 Å². The second-order valence-corrected chi connectivity index (χ2v) is 4.71. The van der Waals surface area contributed by atoms with Crippen molar-refractivity contribution in [3.63, 3.8) is 0 Å². The minimum Gasteiger partial charge on any atom is -0.379 e. The molecular formula is C12H13ClN4O. The summed E-state index contributed by atoms with van der Waals surface area (Å²) < 4.78 is 5.32. The normalized spacial score (nSPS) is 19.3. The fourth-order valence-corrected chi connectivity index (χ4v) is 2.31. The van der Waals surface area contributed by atoms with Crippen LogP contribution in [0.2, 0.25) is 5.15 Å². The number of ether oxygens (including phenoxy) is 1. The average Bonchev–Trinajstić information content (AvgIpc) is 2.83. The molecule has 0 aliphatic carbocycles. The molecule has 0 radical (unpaired) electrons. The minimum atomic E-state index is 0.320. The van der Waals surface area contributed by atoms with Crippen LogP contribution in [0.5, 0.6) is 0 Å². The number of nitrogens with zero attached hydrogens (tertiary/aromatic N) is 3. The fraction of sp³-hybridized carbons (Fsp3) is 0.417. The summed E-state index contributed by atoms with van der Waals surface area (Å²) in [7, 11) is 0. The molecule has 6 heteroatoms. The van der Waals surface area contributed by atoms with Crippen LogP contribution in [-0.2, 0) is 4.74 Å². The van der Waals surface area contributed by atoms with Gasteiger partial charge in [0.1, 0.15) is 16.8 Å². The molecule has 0 aromatic carbocycles. The Balaban J connectivity index is 1.94. The monoisotopic (exact) mass is 264 g/mol. The lowest BCUT2D eigenvalue weighted by Crippen LogP contribution is -2.19. The van der Waals surface area contributed by atoms with Crippen molar-refractivity contribution >= 4 is 28.3 Å². The molecule has 1 aliphatic heterocycles. The van der Waals surface area contributed by atoms with Gasteiger partial charge in [0, 0.05) is 12.0 Å². The number of fused-ring (bicyclic) bond motifs is 1. The van der Waals surface area contributed by atoms with Crippen molar-refractivity contribution in [2.45, 2.75) is 19.4 Å². The maximum Gasteiger partial charge on any atom is 0.140 e. The largest absolute Gasteiger partial charge is 0.379 e. The summed E-state index contributed by atoms with van der Waals surface area (Å²) in [6.45, 7) is 3.33. The van der Waals surface area contributed by atoms with E-state index < -0.39 is 0 Å². The Morgan fingerprint density at radius 3 is 3.11 bits per heavy atom. The van der Waals surface area contributed by atoms with Crippen molar-refractivity contribution in [2.75, 3.05) is 18.5 Å². The third kappa shape index (κ3) is 2.23. The van der Waals surface area contributed by atoms with Crippen LogP contribution in [0.15, 0.2) is 12.3 Å². The van der Waals surface area contributed by atoms with E-state index in [1.165, 1.54) is 0 Å². The maximum absolute atomic E-state index is 6.12. The number of rotatable bonds is 2. The van der Waals surface area contributed by atoms with E-state index in [9.17, 15) is 0 Å². The highest BCUT2D eigenvalue weighted by atomic mass is 35.5. The molecule has 0 unspecified atom stereocenters. The van der Waals surface area contributed by atoms with Gasteiger partial charge in [-0.3, -0.25) is 0 Å². The van der Waals surface area contributed by atoms with E-state index in [2.05, 4.69) is 20.3 Å². The molecule has 18 heavy (non-hydrogen) atoms. The summed E-state index contributed by atoms with van der Waals surface area (Å²) in [6, 6.07) is 2.20. The van der Waals surface area contributed by atoms with Gasteiger partial charge in [-0.2, -0.15) is 0 Å². The smallest absolute Gasteiger partial charge is 0.140 e. The fourth-order valence-electron chi connectivity index (χ4n) is 2.04. The molecule has 1 fully saturated rings. The molecule has 0 saturated carbocycles. The Labute approximate surface area is 110 Å². The standard InChI is InChI=1S/C12H13ClN4O/c1-7-15-10-5-14-11(4-9(10)12(13)16-7)17-8-2-3-18-6-8/h4-5,8H,2-3,6H2,1H3,(H,14,17)/t8-/m0/s1. The molecule has 2 aromatic heterocycles. The molecule has 3 rings (SSSR count). The summed E-state index contributed by atoms with van der Waals surface area (Å²) >= 11 is 6.12. The second kappa shape index (κ2) is 4.66. The van der Waals surface area contributed by atoms with Crippen LogP contribution in [0.3, 0.4) is 0 Å². The molecule has 0 amide bonds. The quantitative estimate of drug-likeness (QED) is 0.843. The second-order valence-electron chi connectivity index (χ2n) is 4.35. The first-order valence-corrected chi connectivity index (χ1v) is 6.24. The van der Waals surface area contributed by atoms with Crippen molar-refractivity contribution in [1.29, 1.82) is 0 Å². The van der Waals surface area contributed by atoms with Gasteiger partial charge in [-0.15, -0.1) is 0 Å². The number of halogens is 1. The topological polar surface area (TPSA) is 59.9 Å². The van der Waals surface area contributed by atoms with E-state index in [0.717, 1.165) is 36.4 Å². The number of nitrogens with one attached hydrogen (secondary N) is 1. The first kappa shape index (κ1) is 11.6. The predicted molar refractivity (Wildman–Crippen MR) is 69.9 cm³/mol. The Bertz CT molecular complexity index is 584. The molecule has 1 saturated heterocycles. The molecule has 0 bridgehead atoms. The molecule has 94 valence electrons. The first-order valence-electron chi connectivity index (χ1n) is 5.86. The van der Waals surface area contributed by atoms with E-state index in [0.29, 0.717) is 17.0 Å². The van der Waals surface area contributed by atoms with Crippen molar-refractivity contribution in [2.24, 2.45) is 0 Å². The zero-order valence-electron chi connectivity index (χ0n) is 9.98. The van der Waals surface area contributed by atoms with Crippen molar-refractivity contribution in [3.05, 3.63) is 23.2 Å². The van der Waals surface area contributed by atoms with E-state index >= 15 is 0 Å². The molecule has 1 N–H and O–H groups in total. The summed E-state index contributed by atoms with van der Waals surface area (Å²) in [6.07, 6.45) is 2.71. The number of hydrogen-bond donors (Lipinski definition) is 1. The zero-order valence-corrected chi connectivity index (χ0v) is 10.7. The highest BCUT2D eigenvalue weighted by molar-refractivity contribution is 6.34. The van der Waals surface area contributed by atoms with Gasteiger partial charge in [0.2, 0.25) is 0 Å². The minimum absolute atomic E-state index is 0.320. The van der Waals surface area contributed by atoms with Crippen LogP contribution in [0.4, 0.5) is 5.82 Å². The third-order valence-electron chi connectivity index (χ3n) is 2.93. The van der Waals surface area contributed by atoms with Gasteiger partial charge in [0.15, 0.2) is 0 Å². The lowest BCUT2D eigenvalue weighted by atomic mass is 10.2. The van der Waals surface area contributed by atoms with Gasteiger partial charge >= 0.3 is 0 Å². The average molecular weight is 265 g/mol. The van der Waals surface area contributed by atoms with Crippen LogP contribution >= 0.6 is 11.6 Å². The van der Waals surface area contributed by atoms with Gasteiger partial charge in [-0.1, -0.05) is 11.6 Å². The summed E-state index contributed by atoms with van der Waals surface area (Å²) in [5, 5.41) is 4.61. The van der Waals surface area contributed by atoms with Gasteiger partial charge in [-0.05, 0) is 19.4 Å². The lowest BCUT2D eigenvalue weighted by molar-refractivity contribution is 0.195. The predicted octanol–water partition coefficient (Wildman–Crippen LogP) is 2.19. The molecule has 3 heterocycles. The van der Waals surface area contributed by atoms with Gasteiger partial charge in [-0.25, -0.2) is 15.0 Å². The summed E-state index contributed by atoms with van der Waals surface area (Å²) in [5.41, 5.74) is 0.765. The molecule has 2 aromatic rings. The SMILES string of the molecule is Cc1nc(Cl)c2cc(N[C@H]3CCOC3)ncc2n1. The third-order valence-corrected chi connectivity index (χ3v) is 3.22.